The van der Waals surface area contributed by atoms with Crippen LogP contribution < -0.4 is 768 Å². The Hall–Kier alpha value is 24.5. The van der Waals surface area contributed by atoms with E-state index in [2.05, 4.69) is 0 Å². The Morgan fingerprint density at radius 1 is 0.235 bits per heavy atom. The molecule has 0 aliphatic carbocycles. The van der Waals surface area contributed by atoms with Gasteiger partial charge < -0.3 is 57.5 Å². The van der Waals surface area contributed by atoms with Crippen molar-refractivity contribution >= 4 is 12.3 Å². The molecule has 0 saturated heterocycles. The molecule has 0 amide bonds. The van der Waals surface area contributed by atoms with Gasteiger partial charge in [-0.2, -0.15) is 0 Å². The second-order valence-corrected chi connectivity index (χ2v) is 0.565. The van der Waals surface area contributed by atoms with Crippen molar-refractivity contribution in [3.8, 4) is 0 Å². The normalized spacial score (nSPS) is 1.41. The predicted octanol–water partition coefficient (Wildman–Crippen LogP) is -74.5. The summed E-state index contributed by atoms with van der Waals surface area (Å²) >= 11 is 0. The second-order valence-electron chi connectivity index (χ2n) is 0.565. The van der Waals surface area contributed by atoms with E-state index in [0.29, 0.717) is 0 Å². The molecular weight excluding hydrogens is 718 g/mol. The summed E-state index contributed by atoms with van der Waals surface area (Å²) in [5, 5.41) is 27.9. The first-order valence-electron chi connectivity index (χ1n) is 1.30. The molecule has 0 radical (unpaired) electrons. The third-order valence-corrected chi connectivity index (χ3v) is 0. The Kier molecular flexibility index (Phi) is 1210. The van der Waals surface area contributed by atoms with Crippen molar-refractivity contribution in [2.75, 3.05) is 0 Å². The summed E-state index contributed by atoms with van der Waals surface area (Å²) in [4.78, 5) is 17.1. The van der Waals surface area contributed by atoms with Crippen molar-refractivity contribution in [1.29, 1.82) is 0 Å². The SMILES string of the molecule is O=C(O)O.O=C(O)O.[H-].[H-].[H-].[H-].[H-].[H-].[H-].[H-].[H-].[H-].[H-].[H-].[H-].[H-].[H-].[H-].[H-].[H-].[H-].[H-].[H-].[H-].[H-].[H-].[H-].[H-].[Na+].[Na+].[Na+].[Na+].[Na+].[Na+].[Na+].[Na+].[Na+].[Na+].[Na+].[Na+].[Na+].[Na+].[Na+].[Na+].[Na+].[Na+].[Na+].[Na+].[Na+].[Na+].[Na+].[Na+].[Na+].[Na+]. The van der Waals surface area contributed by atoms with Gasteiger partial charge in [0.1, 0.15) is 0 Å². The van der Waals surface area contributed by atoms with Gasteiger partial charge in [0.15, 0.2) is 0 Å². The van der Waals surface area contributed by atoms with Crippen molar-refractivity contribution in [2.24, 2.45) is 0 Å². The number of hydrogen-bond donors (Lipinski definition) is 4. The van der Waals surface area contributed by atoms with Crippen molar-refractivity contribution in [3.05, 3.63) is 0 Å². The summed E-state index contributed by atoms with van der Waals surface area (Å²) in [6, 6.07) is 0. The molecule has 34 heavy (non-hydrogen) atoms. The maximum absolute atomic E-state index is 8.56. The smallest absolute Gasteiger partial charge is 1.00 e. The van der Waals surface area contributed by atoms with Gasteiger partial charge in [-0.05, 0) is 0 Å². The molecule has 100 valence electrons. The number of carbonyl (C=O) groups is 2. The molecule has 32 heteroatoms. The molecule has 4 N–H and O–H groups in total. The standard InChI is InChI=1S/2CH2O3.26Na.26H/c2*2-1(3)4;;;;;;;;;;;;;;;;;;;;;;;;;;;;;;;;;;;;;;;;;;;;;;;;;;;;/h2*(H2,2,3,4);;;;;;;;;;;;;;;;;;;;;;;;;;;;;;;;;;;;;;;;;;;;;;;;;;;;/q;;26*+1;26*-1. The Labute approximate surface area is 821 Å². The van der Waals surface area contributed by atoms with Crippen LogP contribution in [0.3, 0.4) is 0 Å². The summed E-state index contributed by atoms with van der Waals surface area (Å²) in [7, 11) is 0. The predicted molar refractivity (Wildman–Crippen MR) is 50.2 cm³/mol. The van der Waals surface area contributed by atoms with Gasteiger partial charge in [0.25, 0.3) is 0 Å². The first-order chi connectivity index (χ1) is 3.46. The van der Waals surface area contributed by atoms with Crippen LogP contribution in [-0.2, 0) is 0 Å². The third kappa shape index (κ3) is 290. The molecule has 0 aliphatic rings. The Balaban J connectivity index is -0.000000000124. The van der Waals surface area contributed by atoms with Crippen molar-refractivity contribution in [3.63, 3.8) is 0 Å². The molecule has 0 bridgehead atoms. The fourth-order valence-electron chi connectivity index (χ4n) is 0. The zero-order chi connectivity index (χ0) is 7.15. The van der Waals surface area contributed by atoms with E-state index in [1.54, 1.807) is 0 Å². The van der Waals surface area contributed by atoms with Crippen molar-refractivity contribution in [1.82, 2.24) is 0 Å². The van der Waals surface area contributed by atoms with Crippen LogP contribution >= 0.6 is 0 Å². The van der Waals surface area contributed by atoms with Gasteiger partial charge in [0.05, 0.1) is 0 Å². The number of rotatable bonds is 0. The van der Waals surface area contributed by atoms with Crippen LogP contribution in [-0.4, -0.2) is 32.7 Å². The number of carboxylic acid groups (broad SMARTS) is 4. The summed E-state index contributed by atoms with van der Waals surface area (Å²) < 4.78 is 0. The van der Waals surface area contributed by atoms with Crippen molar-refractivity contribution < 1.29 is 836 Å². The Bertz CT molecular complexity index is 151. The van der Waals surface area contributed by atoms with Crippen LogP contribution in [0.25, 0.3) is 0 Å². The maximum atomic E-state index is 8.56. The first kappa shape index (κ1) is 208. The van der Waals surface area contributed by atoms with Crippen molar-refractivity contribution in [2.45, 2.75) is 0 Å². The molecule has 0 aromatic rings. The van der Waals surface area contributed by atoms with Crippen LogP contribution in [0, 0.1) is 0 Å². The van der Waals surface area contributed by atoms with E-state index in [-0.39, 0.29) is 806 Å². The molecule has 0 spiro atoms. The summed E-state index contributed by atoms with van der Waals surface area (Å²) in [5.74, 6) is 0. The first-order valence-corrected chi connectivity index (χ1v) is 1.30. The quantitative estimate of drug-likeness (QED) is 0.183. The topological polar surface area (TPSA) is 115 Å². The third-order valence-electron chi connectivity index (χ3n) is 0. The monoisotopic (exact) mass is 748 g/mol. The average Bonchev–Trinajstić information content (AvgIpc) is 1.25. The summed E-state index contributed by atoms with van der Waals surface area (Å²) in [6.07, 6.45) is -3.67. The van der Waals surface area contributed by atoms with Gasteiger partial charge in [0, 0.05) is 0 Å². The van der Waals surface area contributed by atoms with Crippen LogP contribution in [0.15, 0.2) is 0 Å². The Morgan fingerprint density at radius 2 is 0.235 bits per heavy atom. The zero-order valence-corrected chi connectivity index (χ0v) is 81.6. The fourth-order valence-corrected chi connectivity index (χ4v) is 0. The maximum Gasteiger partial charge on any atom is 1.00 e. The molecule has 0 saturated carbocycles. The van der Waals surface area contributed by atoms with E-state index in [1.807, 2.05) is 0 Å². The van der Waals surface area contributed by atoms with Gasteiger partial charge in [0.2, 0.25) is 0 Å². The van der Waals surface area contributed by atoms with E-state index in [1.165, 1.54) is 0 Å². The molecule has 0 unspecified atom stereocenters. The molecule has 0 aliphatic heterocycles. The fraction of sp³-hybridized carbons (Fsp3) is 0. The summed E-state index contributed by atoms with van der Waals surface area (Å²) in [6.45, 7) is 0. The van der Waals surface area contributed by atoms with E-state index in [9.17, 15) is 0 Å². The minimum absolute atomic E-state index is 0. The molecule has 0 aromatic carbocycles. The molecule has 0 rings (SSSR count). The molecule has 6 nitrogen and oxygen atoms in total. The van der Waals surface area contributed by atoms with Crippen LogP contribution in [0.4, 0.5) is 9.59 Å². The second kappa shape index (κ2) is 197. The molecule has 0 heterocycles. The minimum Gasteiger partial charge on any atom is -1.00 e. The molecule has 0 atom stereocenters. The van der Waals surface area contributed by atoms with Crippen LogP contribution in [0.1, 0.15) is 37.1 Å². The van der Waals surface area contributed by atoms with Gasteiger partial charge >= 0.3 is 781 Å². The van der Waals surface area contributed by atoms with E-state index in [0.717, 1.165) is 0 Å². The molecular formula is C2H30Na26O6. The minimum atomic E-state index is -1.83. The van der Waals surface area contributed by atoms with Gasteiger partial charge in [-0.25, -0.2) is 9.59 Å². The molecule has 0 fully saturated rings. The van der Waals surface area contributed by atoms with Gasteiger partial charge in [-0.1, -0.05) is 0 Å². The van der Waals surface area contributed by atoms with E-state index < -0.39 is 12.3 Å². The largest absolute Gasteiger partial charge is 1.00 e. The van der Waals surface area contributed by atoms with Gasteiger partial charge in [-0.3, -0.25) is 0 Å². The van der Waals surface area contributed by atoms with E-state index in [4.69, 9.17) is 30.0 Å². The molecule has 0 aromatic heterocycles. The number of hydrogen-bond acceptors (Lipinski definition) is 2. The van der Waals surface area contributed by atoms with Crippen LogP contribution in [0.5, 0.6) is 0 Å². The summed E-state index contributed by atoms with van der Waals surface area (Å²) in [5.41, 5.74) is 0. The zero-order valence-electron chi connectivity index (χ0n) is 55.6. The average molecular weight is 748 g/mol. The Morgan fingerprint density at radius 3 is 0.235 bits per heavy atom. The van der Waals surface area contributed by atoms with Gasteiger partial charge in [-0.15, -0.1) is 0 Å². The van der Waals surface area contributed by atoms with E-state index >= 15 is 0 Å². The van der Waals surface area contributed by atoms with Crippen LogP contribution in [0.2, 0.25) is 0 Å².